The maximum atomic E-state index is 12.7. The van der Waals surface area contributed by atoms with Gasteiger partial charge in [0.15, 0.2) is 0 Å². The molecule has 1 N–H and O–H groups in total. The molecule has 0 atom stereocenters. The molecule has 1 heterocycles. The van der Waals surface area contributed by atoms with Crippen LogP contribution in [0.15, 0.2) is 59.4 Å². The second-order valence-electron chi connectivity index (χ2n) is 5.83. The second-order valence-corrected chi connectivity index (χ2v) is 6.55. The molecular formula is C21H15F3N2O2S. The number of para-hydroxylation sites is 1. The van der Waals surface area contributed by atoms with E-state index in [1.807, 2.05) is 5.38 Å². The van der Waals surface area contributed by atoms with E-state index >= 15 is 0 Å². The molecule has 3 aromatic rings. The van der Waals surface area contributed by atoms with Crippen molar-refractivity contribution in [2.24, 2.45) is 0 Å². The summed E-state index contributed by atoms with van der Waals surface area (Å²) in [6.45, 7) is 0.221. The highest BCUT2D eigenvalue weighted by atomic mass is 32.1. The van der Waals surface area contributed by atoms with Gasteiger partial charge in [0, 0.05) is 10.9 Å². The van der Waals surface area contributed by atoms with Crippen LogP contribution in [0.5, 0.6) is 5.75 Å². The number of carbonyl (C=O) groups is 1. The van der Waals surface area contributed by atoms with Crippen LogP contribution < -0.4 is 10.1 Å². The summed E-state index contributed by atoms with van der Waals surface area (Å²) in [5.41, 5.74) is 2.25. The molecule has 29 heavy (non-hydrogen) atoms. The van der Waals surface area contributed by atoms with Gasteiger partial charge in [-0.1, -0.05) is 30.0 Å². The first-order chi connectivity index (χ1) is 13.9. The van der Waals surface area contributed by atoms with Gasteiger partial charge in [-0.3, -0.25) is 4.79 Å². The summed E-state index contributed by atoms with van der Waals surface area (Å²) in [7, 11) is 0. The van der Waals surface area contributed by atoms with Gasteiger partial charge in [0.2, 0.25) is 0 Å². The number of nitrogens with zero attached hydrogens (tertiary/aromatic N) is 1. The third-order valence-electron chi connectivity index (χ3n) is 3.75. The van der Waals surface area contributed by atoms with E-state index in [1.165, 1.54) is 23.5 Å². The normalized spacial score (nSPS) is 10.7. The minimum atomic E-state index is -4.42. The van der Waals surface area contributed by atoms with Gasteiger partial charge in [-0.2, -0.15) is 13.2 Å². The first-order valence-electron chi connectivity index (χ1n) is 8.47. The molecular weight excluding hydrogens is 401 g/mol. The van der Waals surface area contributed by atoms with Crippen LogP contribution in [-0.4, -0.2) is 17.4 Å². The third kappa shape index (κ3) is 5.83. The summed E-state index contributed by atoms with van der Waals surface area (Å²) in [6.07, 6.45) is -4.42. The van der Waals surface area contributed by atoms with E-state index in [0.717, 1.165) is 17.8 Å². The van der Waals surface area contributed by atoms with Crippen LogP contribution >= 0.6 is 11.3 Å². The smallest absolute Gasteiger partial charge is 0.416 e. The lowest BCUT2D eigenvalue weighted by Gasteiger charge is -2.10. The number of rotatable bonds is 5. The van der Waals surface area contributed by atoms with Crippen molar-refractivity contribution in [3.8, 4) is 17.6 Å². The lowest BCUT2D eigenvalue weighted by atomic mass is 10.1. The van der Waals surface area contributed by atoms with Gasteiger partial charge >= 0.3 is 6.18 Å². The van der Waals surface area contributed by atoms with Crippen LogP contribution in [0.3, 0.4) is 0 Å². The maximum absolute atomic E-state index is 12.7. The molecule has 0 aliphatic heterocycles. The number of halogens is 3. The molecule has 3 rings (SSSR count). The quantitative estimate of drug-likeness (QED) is 0.622. The Morgan fingerprint density at radius 2 is 2.00 bits per heavy atom. The Hall–Kier alpha value is -3.31. The van der Waals surface area contributed by atoms with Crippen molar-refractivity contribution in [3.05, 3.63) is 81.8 Å². The molecule has 0 aliphatic rings. The number of hydrogen-bond donors (Lipinski definition) is 1. The molecule has 8 heteroatoms. The van der Waals surface area contributed by atoms with Gasteiger partial charge in [0.05, 0.1) is 28.9 Å². The molecule has 4 nitrogen and oxygen atoms in total. The van der Waals surface area contributed by atoms with Crippen LogP contribution in [-0.2, 0) is 12.8 Å². The van der Waals surface area contributed by atoms with Crippen molar-refractivity contribution in [1.82, 2.24) is 10.3 Å². The molecule has 148 valence electrons. The van der Waals surface area contributed by atoms with E-state index in [0.29, 0.717) is 11.3 Å². The van der Waals surface area contributed by atoms with Gasteiger partial charge in [0.1, 0.15) is 12.4 Å². The van der Waals surface area contributed by atoms with Crippen LogP contribution in [0.4, 0.5) is 13.2 Å². The van der Waals surface area contributed by atoms with E-state index in [-0.39, 0.29) is 18.7 Å². The highest BCUT2D eigenvalue weighted by Gasteiger charge is 2.30. The number of aromatic nitrogens is 1. The van der Waals surface area contributed by atoms with Crippen molar-refractivity contribution in [3.63, 3.8) is 0 Å². The number of alkyl halides is 3. The van der Waals surface area contributed by atoms with Crippen molar-refractivity contribution >= 4 is 17.2 Å². The summed E-state index contributed by atoms with van der Waals surface area (Å²) in [5.74, 6) is 5.29. The van der Waals surface area contributed by atoms with Crippen molar-refractivity contribution < 1.29 is 22.7 Å². The second kappa shape index (κ2) is 9.26. The lowest BCUT2D eigenvalue weighted by Crippen LogP contribution is -2.24. The zero-order chi connectivity index (χ0) is 20.7. The molecule has 2 aromatic carbocycles. The number of hydrogen-bond acceptors (Lipinski definition) is 4. The summed E-state index contributed by atoms with van der Waals surface area (Å²) < 4.78 is 43.8. The minimum absolute atomic E-state index is 0.0184. The topological polar surface area (TPSA) is 51.2 Å². The van der Waals surface area contributed by atoms with E-state index in [9.17, 15) is 18.0 Å². The number of nitrogens with one attached hydrogen (secondary N) is 1. The molecule has 1 amide bonds. The zero-order valence-electron chi connectivity index (χ0n) is 15.0. The van der Waals surface area contributed by atoms with E-state index in [1.54, 1.807) is 29.8 Å². The van der Waals surface area contributed by atoms with Crippen molar-refractivity contribution in [2.75, 3.05) is 6.54 Å². The molecule has 0 bridgehead atoms. The number of ether oxygens (including phenoxy) is 1. The SMILES string of the molecule is O=C(NCC#Cc1cccc(C(F)(F)F)c1)c1ccccc1OCc1cscn1. The molecule has 0 fully saturated rings. The summed E-state index contributed by atoms with van der Waals surface area (Å²) >= 11 is 1.45. The lowest BCUT2D eigenvalue weighted by molar-refractivity contribution is -0.137. The van der Waals surface area contributed by atoms with Gasteiger partial charge in [0.25, 0.3) is 5.91 Å². The predicted octanol–water partition coefficient (Wildman–Crippen LogP) is 4.52. The number of benzene rings is 2. The molecule has 0 aliphatic carbocycles. The standard InChI is InChI=1S/C21H15F3N2O2S/c22-21(23,24)16-7-3-5-15(11-16)6-4-10-25-20(27)18-8-1-2-9-19(18)28-12-17-13-29-14-26-17/h1-3,5,7-9,11,13-14H,10,12H2,(H,25,27). The molecule has 0 saturated carbocycles. The Labute approximate surface area is 169 Å². The Morgan fingerprint density at radius 1 is 1.17 bits per heavy atom. The molecule has 1 aromatic heterocycles. The Balaban J connectivity index is 1.60. The monoisotopic (exact) mass is 416 g/mol. The first-order valence-corrected chi connectivity index (χ1v) is 9.41. The average Bonchev–Trinajstić information content (AvgIpc) is 3.23. The molecule has 0 saturated heterocycles. The van der Waals surface area contributed by atoms with Crippen LogP contribution in [0.2, 0.25) is 0 Å². The van der Waals surface area contributed by atoms with Gasteiger partial charge in [-0.15, -0.1) is 11.3 Å². The summed E-state index contributed by atoms with van der Waals surface area (Å²) in [5, 5.41) is 4.47. The fourth-order valence-electron chi connectivity index (χ4n) is 2.38. The van der Waals surface area contributed by atoms with Gasteiger partial charge in [-0.05, 0) is 30.3 Å². The first kappa shape index (κ1) is 20.4. The fourth-order valence-corrected chi connectivity index (χ4v) is 2.92. The summed E-state index contributed by atoms with van der Waals surface area (Å²) in [4.78, 5) is 16.5. The van der Waals surface area contributed by atoms with E-state index in [4.69, 9.17) is 4.74 Å². The van der Waals surface area contributed by atoms with Crippen molar-refractivity contribution in [2.45, 2.75) is 12.8 Å². The number of carbonyl (C=O) groups excluding carboxylic acids is 1. The minimum Gasteiger partial charge on any atom is -0.486 e. The average molecular weight is 416 g/mol. The number of thiazole rings is 1. The molecule has 0 radical (unpaired) electrons. The van der Waals surface area contributed by atoms with Gasteiger partial charge < -0.3 is 10.1 Å². The van der Waals surface area contributed by atoms with Gasteiger partial charge in [-0.25, -0.2) is 4.98 Å². The molecule has 0 unspecified atom stereocenters. The van der Waals surface area contributed by atoms with Crippen LogP contribution in [0.25, 0.3) is 0 Å². The Kier molecular flexibility index (Phi) is 6.52. The summed E-state index contributed by atoms with van der Waals surface area (Å²) in [6, 6.07) is 11.5. The zero-order valence-corrected chi connectivity index (χ0v) is 15.8. The predicted molar refractivity (Wildman–Crippen MR) is 104 cm³/mol. The van der Waals surface area contributed by atoms with Crippen LogP contribution in [0.1, 0.15) is 27.2 Å². The fraction of sp³-hybridized carbons (Fsp3) is 0.143. The van der Waals surface area contributed by atoms with Crippen LogP contribution in [0, 0.1) is 11.8 Å². The van der Waals surface area contributed by atoms with Crippen molar-refractivity contribution in [1.29, 1.82) is 0 Å². The Morgan fingerprint density at radius 3 is 2.76 bits per heavy atom. The van der Waals surface area contributed by atoms with E-state index in [2.05, 4.69) is 22.1 Å². The highest BCUT2D eigenvalue weighted by Crippen LogP contribution is 2.29. The highest BCUT2D eigenvalue weighted by molar-refractivity contribution is 7.07. The largest absolute Gasteiger partial charge is 0.486 e. The van der Waals surface area contributed by atoms with E-state index < -0.39 is 17.6 Å². The molecule has 0 spiro atoms. The number of amides is 1. The maximum Gasteiger partial charge on any atom is 0.416 e. The Bertz CT molecular complexity index is 1040. The third-order valence-corrected chi connectivity index (χ3v) is 4.39.